The van der Waals surface area contributed by atoms with Gasteiger partial charge >= 0.3 is 0 Å². The summed E-state index contributed by atoms with van der Waals surface area (Å²) in [5.74, 6) is 0.577. The molecule has 3 heterocycles. The van der Waals surface area contributed by atoms with Crippen molar-refractivity contribution in [2.24, 2.45) is 5.14 Å². The molecule has 0 bridgehead atoms. The van der Waals surface area contributed by atoms with Crippen LogP contribution in [0.1, 0.15) is 31.4 Å². The Morgan fingerprint density at radius 3 is 2.83 bits per heavy atom. The van der Waals surface area contributed by atoms with Crippen LogP contribution in [0.4, 0.5) is 0 Å². The van der Waals surface area contributed by atoms with Gasteiger partial charge < -0.3 is 9.72 Å². The smallest absolute Gasteiger partial charge is 0.238 e. The number of nitrogens with one attached hydrogen (secondary N) is 1. The van der Waals surface area contributed by atoms with E-state index in [0.717, 1.165) is 23.7 Å². The fourth-order valence-electron chi connectivity index (χ4n) is 4.12. The van der Waals surface area contributed by atoms with Gasteiger partial charge in [0.25, 0.3) is 0 Å². The maximum Gasteiger partial charge on any atom is 0.238 e. The first-order valence-electron chi connectivity index (χ1n) is 9.70. The highest BCUT2D eigenvalue weighted by Gasteiger charge is 2.25. The summed E-state index contributed by atoms with van der Waals surface area (Å²) in [5.41, 5.74) is 4.52. The van der Waals surface area contributed by atoms with Crippen LogP contribution in [0.15, 0.2) is 41.7 Å². The van der Waals surface area contributed by atoms with E-state index in [1.165, 1.54) is 28.5 Å². The average molecular weight is 410 g/mol. The summed E-state index contributed by atoms with van der Waals surface area (Å²) in [4.78, 5) is 8.05. The summed E-state index contributed by atoms with van der Waals surface area (Å²) < 4.78 is 19.3. The van der Waals surface area contributed by atoms with Crippen molar-refractivity contribution >= 4 is 32.8 Å². The molecule has 0 fully saturated rings. The molecule has 1 aliphatic carbocycles. The average Bonchev–Trinajstić information content (AvgIpc) is 3.43. The predicted molar refractivity (Wildman–Crippen MR) is 113 cm³/mol. The van der Waals surface area contributed by atoms with E-state index in [0.29, 0.717) is 17.5 Å². The molecule has 0 radical (unpaired) electrons. The van der Waals surface area contributed by atoms with Crippen LogP contribution >= 0.6 is 0 Å². The first kappa shape index (κ1) is 18.3. The SMILES string of the molecule is CC(C)(COc1nccc2c1[nH]c1c3c(ccc12)CCC3)n1ccc(S(N)=O)n1. The molecule has 3 aromatic heterocycles. The number of rotatable bonds is 5. The molecule has 5 rings (SSSR count). The van der Waals surface area contributed by atoms with Gasteiger partial charge in [0, 0.05) is 23.2 Å². The summed E-state index contributed by atoms with van der Waals surface area (Å²) in [6.45, 7) is 4.35. The van der Waals surface area contributed by atoms with Crippen molar-refractivity contribution in [3.05, 3.63) is 47.8 Å². The van der Waals surface area contributed by atoms with Gasteiger partial charge in [-0.25, -0.2) is 14.3 Å². The third-order valence-electron chi connectivity index (χ3n) is 5.69. The second-order valence-corrected chi connectivity index (χ2v) is 9.15. The second-order valence-electron chi connectivity index (χ2n) is 8.14. The molecule has 1 atom stereocenters. The lowest BCUT2D eigenvalue weighted by Crippen LogP contribution is -2.34. The summed E-state index contributed by atoms with van der Waals surface area (Å²) in [6.07, 6.45) is 7.02. The molecular weight excluding hydrogens is 386 g/mol. The Hall–Kier alpha value is -2.71. The van der Waals surface area contributed by atoms with Crippen molar-refractivity contribution in [2.75, 3.05) is 6.61 Å². The third kappa shape index (κ3) is 3.03. The fraction of sp³-hybridized carbons (Fsp3) is 0.333. The molecule has 1 aliphatic rings. The van der Waals surface area contributed by atoms with Crippen LogP contribution in [0, 0.1) is 0 Å². The van der Waals surface area contributed by atoms with Gasteiger partial charge in [0.1, 0.15) is 23.1 Å². The molecule has 150 valence electrons. The molecule has 29 heavy (non-hydrogen) atoms. The fourth-order valence-corrected chi connectivity index (χ4v) is 4.48. The van der Waals surface area contributed by atoms with Crippen molar-refractivity contribution < 1.29 is 8.95 Å². The molecule has 0 amide bonds. The highest BCUT2D eigenvalue weighted by molar-refractivity contribution is 7.82. The van der Waals surface area contributed by atoms with Gasteiger partial charge in [0.15, 0.2) is 5.03 Å². The molecular formula is C21H23N5O2S. The van der Waals surface area contributed by atoms with Crippen LogP contribution in [0.5, 0.6) is 5.88 Å². The molecule has 8 heteroatoms. The lowest BCUT2D eigenvalue weighted by molar-refractivity contribution is 0.166. The number of aromatic nitrogens is 4. The molecule has 7 nitrogen and oxygen atoms in total. The number of aryl methyl sites for hydroxylation is 2. The Morgan fingerprint density at radius 2 is 2.03 bits per heavy atom. The summed E-state index contributed by atoms with van der Waals surface area (Å²) in [7, 11) is -1.60. The van der Waals surface area contributed by atoms with Crippen molar-refractivity contribution in [2.45, 2.75) is 43.7 Å². The van der Waals surface area contributed by atoms with Crippen LogP contribution in [-0.2, 0) is 29.4 Å². The van der Waals surface area contributed by atoms with Crippen LogP contribution in [0.3, 0.4) is 0 Å². The minimum atomic E-state index is -1.60. The number of H-pyrrole nitrogens is 1. The summed E-state index contributed by atoms with van der Waals surface area (Å²) in [6, 6.07) is 8.14. The number of aromatic amines is 1. The first-order valence-corrected chi connectivity index (χ1v) is 10.9. The van der Waals surface area contributed by atoms with E-state index in [9.17, 15) is 4.21 Å². The molecule has 3 N–H and O–H groups in total. The first-order chi connectivity index (χ1) is 13.9. The molecule has 0 aliphatic heterocycles. The number of fused-ring (bicyclic) bond motifs is 5. The van der Waals surface area contributed by atoms with Gasteiger partial charge in [-0.15, -0.1) is 0 Å². The van der Waals surface area contributed by atoms with Crippen LogP contribution < -0.4 is 9.88 Å². The Balaban J connectivity index is 1.49. The number of nitrogens with zero attached hydrogens (tertiary/aromatic N) is 3. The minimum absolute atomic E-state index is 0.350. The Morgan fingerprint density at radius 1 is 1.21 bits per heavy atom. The largest absolute Gasteiger partial charge is 0.474 e. The van der Waals surface area contributed by atoms with Gasteiger partial charge in [-0.1, -0.05) is 12.1 Å². The van der Waals surface area contributed by atoms with E-state index < -0.39 is 16.5 Å². The monoisotopic (exact) mass is 409 g/mol. The van der Waals surface area contributed by atoms with Crippen LogP contribution in [0.25, 0.3) is 21.8 Å². The van der Waals surface area contributed by atoms with Gasteiger partial charge in [-0.05, 0) is 56.4 Å². The maximum absolute atomic E-state index is 11.4. The molecule has 0 saturated heterocycles. The topological polar surface area (TPSA) is 98.8 Å². The summed E-state index contributed by atoms with van der Waals surface area (Å²) in [5, 5.41) is 12.4. The van der Waals surface area contributed by atoms with Crippen molar-refractivity contribution in [3.8, 4) is 5.88 Å². The quantitative estimate of drug-likeness (QED) is 0.529. The molecule has 0 saturated carbocycles. The number of benzene rings is 1. The van der Waals surface area contributed by atoms with Crippen LogP contribution in [-0.4, -0.2) is 30.6 Å². The van der Waals surface area contributed by atoms with E-state index in [1.54, 1.807) is 23.1 Å². The predicted octanol–water partition coefficient (Wildman–Crippen LogP) is 3.20. The van der Waals surface area contributed by atoms with E-state index >= 15 is 0 Å². The van der Waals surface area contributed by atoms with E-state index in [1.807, 2.05) is 19.9 Å². The Kier molecular flexibility index (Phi) is 4.22. The molecule has 4 aromatic rings. The molecule has 1 unspecified atom stereocenters. The Bertz CT molecular complexity index is 1260. The normalized spacial score (nSPS) is 15.1. The van der Waals surface area contributed by atoms with Gasteiger partial charge in [0.2, 0.25) is 5.88 Å². The van der Waals surface area contributed by atoms with Crippen molar-refractivity contribution in [1.82, 2.24) is 19.7 Å². The van der Waals surface area contributed by atoms with Crippen molar-refractivity contribution in [3.63, 3.8) is 0 Å². The number of ether oxygens (including phenoxy) is 1. The second kappa shape index (κ2) is 6.67. The summed E-state index contributed by atoms with van der Waals surface area (Å²) >= 11 is 0. The number of nitrogens with two attached hydrogens (primary N) is 1. The van der Waals surface area contributed by atoms with E-state index in [2.05, 4.69) is 27.2 Å². The zero-order valence-corrected chi connectivity index (χ0v) is 17.3. The Labute approximate surface area is 170 Å². The van der Waals surface area contributed by atoms with Crippen molar-refractivity contribution in [1.29, 1.82) is 0 Å². The van der Waals surface area contributed by atoms with E-state index in [4.69, 9.17) is 9.88 Å². The highest BCUT2D eigenvalue weighted by Crippen LogP contribution is 2.36. The third-order valence-corrected chi connectivity index (χ3v) is 6.32. The van der Waals surface area contributed by atoms with Gasteiger partial charge in [-0.3, -0.25) is 4.68 Å². The maximum atomic E-state index is 11.4. The standard InChI is InChI=1S/C21H23N5O2S/c1-21(2,26-11-9-17(25-26)29(22)27)12-28-20-19-16(8-10-23-20)15-7-6-13-4-3-5-14(13)18(15)24-19/h6-11,24H,3-5,12,22H2,1-2H3. The molecule has 1 aromatic carbocycles. The van der Waals surface area contributed by atoms with Gasteiger partial charge in [0.05, 0.1) is 11.1 Å². The van der Waals surface area contributed by atoms with E-state index in [-0.39, 0.29) is 0 Å². The molecule has 0 spiro atoms. The minimum Gasteiger partial charge on any atom is -0.474 e. The zero-order chi connectivity index (χ0) is 20.2. The lowest BCUT2D eigenvalue weighted by atomic mass is 10.1. The zero-order valence-electron chi connectivity index (χ0n) is 16.4. The number of hydrogen-bond donors (Lipinski definition) is 2. The lowest BCUT2D eigenvalue weighted by Gasteiger charge is -2.25. The number of pyridine rings is 1. The van der Waals surface area contributed by atoms with Gasteiger partial charge in [-0.2, -0.15) is 5.10 Å². The van der Waals surface area contributed by atoms with Crippen LogP contribution in [0.2, 0.25) is 0 Å². The number of hydrogen-bond acceptors (Lipinski definition) is 4. The highest BCUT2D eigenvalue weighted by atomic mass is 32.2.